The molecular formula is C18H13FN2O3S. The maximum Gasteiger partial charge on any atom is 0.358 e. The standard InChI is InChI=1S/C18H13FN2O3S/c19-13-7-4-8-14(9-13)20-16(22)10-24-18(23)15-11-25-17(21-15)12-5-2-1-3-6-12/h1-9,11H,10H2,(H,20,22). The molecule has 0 aliphatic heterocycles. The van der Waals surface area contributed by atoms with E-state index in [1.54, 1.807) is 5.38 Å². The van der Waals surface area contributed by atoms with Crippen molar-refractivity contribution in [3.05, 3.63) is 71.5 Å². The molecule has 7 heteroatoms. The fourth-order valence-electron chi connectivity index (χ4n) is 2.05. The van der Waals surface area contributed by atoms with Crippen molar-refractivity contribution < 1.29 is 18.7 Å². The van der Waals surface area contributed by atoms with Crippen molar-refractivity contribution >= 4 is 28.9 Å². The zero-order chi connectivity index (χ0) is 17.6. The summed E-state index contributed by atoms with van der Waals surface area (Å²) in [5.74, 6) is -1.71. The number of rotatable bonds is 5. The maximum atomic E-state index is 13.1. The molecule has 1 N–H and O–H groups in total. The van der Waals surface area contributed by atoms with Crippen LogP contribution in [-0.4, -0.2) is 23.5 Å². The van der Waals surface area contributed by atoms with Gasteiger partial charge in [0.1, 0.15) is 10.8 Å². The highest BCUT2D eigenvalue weighted by atomic mass is 32.1. The molecule has 0 bridgehead atoms. The number of ether oxygens (including phenoxy) is 1. The molecule has 0 spiro atoms. The van der Waals surface area contributed by atoms with Crippen LogP contribution in [0.3, 0.4) is 0 Å². The molecule has 0 aliphatic rings. The van der Waals surface area contributed by atoms with Gasteiger partial charge in [-0.2, -0.15) is 0 Å². The monoisotopic (exact) mass is 356 g/mol. The first-order valence-corrected chi connectivity index (χ1v) is 8.23. The van der Waals surface area contributed by atoms with Gasteiger partial charge in [0.15, 0.2) is 12.3 Å². The van der Waals surface area contributed by atoms with Crippen molar-refractivity contribution in [3.8, 4) is 10.6 Å². The predicted octanol–water partition coefficient (Wildman–Crippen LogP) is 3.74. The number of hydrogen-bond acceptors (Lipinski definition) is 5. The van der Waals surface area contributed by atoms with Crippen LogP contribution >= 0.6 is 11.3 Å². The van der Waals surface area contributed by atoms with Crippen LogP contribution in [0.2, 0.25) is 0 Å². The minimum Gasteiger partial charge on any atom is -0.451 e. The molecule has 126 valence electrons. The molecular weight excluding hydrogens is 343 g/mol. The van der Waals surface area contributed by atoms with E-state index in [0.717, 1.165) is 5.56 Å². The largest absolute Gasteiger partial charge is 0.451 e. The maximum absolute atomic E-state index is 13.1. The zero-order valence-corrected chi connectivity index (χ0v) is 13.8. The number of amides is 1. The molecule has 0 saturated carbocycles. The van der Waals surface area contributed by atoms with Gasteiger partial charge in [0.2, 0.25) is 0 Å². The Hall–Kier alpha value is -3.06. The molecule has 25 heavy (non-hydrogen) atoms. The van der Waals surface area contributed by atoms with Gasteiger partial charge < -0.3 is 10.1 Å². The average molecular weight is 356 g/mol. The third kappa shape index (κ3) is 4.48. The molecule has 3 rings (SSSR count). The summed E-state index contributed by atoms with van der Waals surface area (Å²) in [6, 6.07) is 14.9. The van der Waals surface area contributed by atoms with Crippen LogP contribution in [0.1, 0.15) is 10.5 Å². The summed E-state index contributed by atoms with van der Waals surface area (Å²) in [6.07, 6.45) is 0. The quantitative estimate of drug-likeness (QED) is 0.707. The Bertz CT molecular complexity index is 896. The second-order valence-electron chi connectivity index (χ2n) is 5.04. The molecule has 5 nitrogen and oxygen atoms in total. The highest BCUT2D eigenvalue weighted by Crippen LogP contribution is 2.23. The van der Waals surface area contributed by atoms with Crippen molar-refractivity contribution in [2.45, 2.75) is 0 Å². The number of halogens is 1. The van der Waals surface area contributed by atoms with Crippen LogP contribution in [0.4, 0.5) is 10.1 Å². The number of benzene rings is 2. The van der Waals surface area contributed by atoms with E-state index >= 15 is 0 Å². The fraction of sp³-hybridized carbons (Fsp3) is 0.0556. The van der Waals surface area contributed by atoms with Crippen molar-refractivity contribution in [2.24, 2.45) is 0 Å². The molecule has 0 radical (unpaired) electrons. The number of carbonyl (C=O) groups is 2. The van der Waals surface area contributed by atoms with Gasteiger partial charge in [-0.1, -0.05) is 36.4 Å². The summed E-state index contributed by atoms with van der Waals surface area (Å²) in [6.45, 7) is -0.479. The molecule has 0 unspecified atom stereocenters. The van der Waals surface area contributed by atoms with Crippen LogP contribution in [0.5, 0.6) is 0 Å². The lowest BCUT2D eigenvalue weighted by Gasteiger charge is -2.05. The molecule has 0 atom stereocenters. The number of thiazole rings is 1. The molecule has 1 heterocycles. The van der Waals surface area contributed by atoms with Gasteiger partial charge in [-0.15, -0.1) is 11.3 Å². The van der Waals surface area contributed by atoms with Gasteiger partial charge in [-0.05, 0) is 18.2 Å². The number of carbonyl (C=O) groups excluding carboxylic acids is 2. The molecule has 3 aromatic rings. The van der Waals surface area contributed by atoms with Gasteiger partial charge in [0, 0.05) is 16.6 Å². The van der Waals surface area contributed by atoms with Crippen LogP contribution in [0.15, 0.2) is 60.0 Å². The summed E-state index contributed by atoms with van der Waals surface area (Å²) >= 11 is 1.32. The van der Waals surface area contributed by atoms with E-state index in [1.165, 1.54) is 35.6 Å². The van der Waals surface area contributed by atoms with E-state index in [9.17, 15) is 14.0 Å². The van der Waals surface area contributed by atoms with Gasteiger partial charge in [-0.25, -0.2) is 14.2 Å². The number of hydrogen-bond donors (Lipinski definition) is 1. The number of anilines is 1. The Morgan fingerprint density at radius 3 is 2.68 bits per heavy atom. The molecule has 2 aromatic carbocycles. The van der Waals surface area contributed by atoms with Crippen LogP contribution in [0.25, 0.3) is 10.6 Å². The SMILES string of the molecule is O=C(COC(=O)c1csc(-c2ccccc2)n1)Nc1cccc(F)c1. The van der Waals surface area contributed by atoms with Crippen molar-refractivity contribution in [3.63, 3.8) is 0 Å². The van der Waals surface area contributed by atoms with Crippen LogP contribution in [-0.2, 0) is 9.53 Å². The Morgan fingerprint density at radius 1 is 1.12 bits per heavy atom. The van der Waals surface area contributed by atoms with E-state index in [4.69, 9.17) is 4.74 Å². The summed E-state index contributed by atoms with van der Waals surface area (Å²) in [7, 11) is 0. The third-order valence-corrected chi connectivity index (χ3v) is 4.07. The Kier molecular flexibility index (Phi) is 5.15. The van der Waals surface area contributed by atoms with E-state index in [1.807, 2.05) is 30.3 Å². The van der Waals surface area contributed by atoms with Gasteiger partial charge in [0.25, 0.3) is 5.91 Å². The normalized spacial score (nSPS) is 10.3. The molecule has 1 amide bonds. The molecule has 0 aliphatic carbocycles. The summed E-state index contributed by atoms with van der Waals surface area (Å²) in [5.41, 5.74) is 1.33. The van der Waals surface area contributed by atoms with Gasteiger partial charge >= 0.3 is 5.97 Å². The first kappa shape index (κ1) is 16.8. The van der Waals surface area contributed by atoms with E-state index in [2.05, 4.69) is 10.3 Å². The summed E-state index contributed by atoms with van der Waals surface area (Å²) in [5, 5.41) is 4.72. The topological polar surface area (TPSA) is 68.3 Å². The van der Waals surface area contributed by atoms with E-state index in [-0.39, 0.29) is 5.69 Å². The minimum absolute atomic E-state index is 0.141. The number of esters is 1. The number of nitrogens with one attached hydrogen (secondary N) is 1. The highest BCUT2D eigenvalue weighted by molar-refractivity contribution is 7.13. The summed E-state index contributed by atoms with van der Waals surface area (Å²) in [4.78, 5) is 28.0. The van der Waals surface area contributed by atoms with Gasteiger partial charge in [0.05, 0.1) is 0 Å². The Morgan fingerprint density at radius 2 is 1.92 bits per heavy atom. The third-order valence-electron chi connectivity index (χ3n) is 3.18. The smallest absolute Gasteiger partial charge is 0.358 e. The predicted molar refractivity (Wildman–Crippen MR) is 92.9 cm³/mol. The second kappa shape index (κ2) is 7.67. The van der Waals surface area contributed by atoms with E-state index in [0.29, 0.717) is 10.7 Å². The summed E-state index contributed by atoms with van der Waals surface area (Å²) < 4.78 is 18.0. The van der Waals surface area contributed by atoms with Crippen molar-refractivity contribution in [1.29, 1.82) is 0 Å². The first-order chi connectivity index (χ1) is 12.1. The molecule has 0 saturated heterocycles. The highest BCUT2D eigenvalue weighted by Gasteiger charge is 2.15. The Balaban J connectivity index is 1.56. The second-order valence-corrected chi connectivity index (χ2v) is 5.90. The number of nitrogens with zero attached hydrogens (tertiary/aromatic N) is 1. The average Bonchev–Trinajstić information content (AvgIpc) is 3.11. The Labute approximate surface area is 147 Å². The lowest BCUT2D eigenvalue weighted by molar-refractivity contribution is -0.119. The van der Waals surface area contributed by atoms with Crippen LogP contribution < -0.4 is 5.32 Å². The zero-order valence-electron chi connectivity index (χ0n) is 12.9. The number of aromatic nitrogens is 1. The minimum atomic E-state index is -0.687. The van der Waals surface area contributed by atoms with E-state index < -0.39 is 24.3 Å². The lowest BCUT2D eigenvalue weighted by Crippen LogP contribution is -2.21. The van der Waals surface area contributed by atoms with Crippen molar-refractivity contribution in [2.75, 3.05) is 11.9 Å². The lowest BCUT2D eigenvalue weighted by atomic mass is 10.2. The fourth-order valence-corrected chi connectivity index (χ4v) is 2.84. The molecule has 1 aromatic heterocycles. The van der Waals surface area contributed by atoms with Gasteiger partial charge in [-0.3, -0.25) is 4.79 Å². The molecule has 0 fully saturated rings. The van der Waals surface area contributed by atoms with Crippen LogP contribution in [0, 0.1) is 5.82 Å². The first-order valence-electron chi connectivity index (χ1n) is 7.35. The van der Waals surface area contributed by atoms with Crippen molar-refractivity contribution in [1.82, 2.24) is 4.98 Å².